The Balaban J connectivity index is 1.99. The molecule has 3 aromatic rings. The molecule has 2 aromatic carbocycles. The first kappa shape index (κ1) is 16.3. The lowest BCUT2D eigenvalue weighted by atomic mass is 10.2. The average Bonchev–Trinajstić information content (AvgIpc) is 2.95. The minimum absolute atomic E-state index is 0.0788. The van der Waals surface area contributed by atoms with Gasteiger partial charge in [-0.25, -0.2) is 4.98 Å². The maximum absolute atomic E-state index is 12.6. The van der Waals surface area contributed by atoms with E-state index in [1.807, 2.05) is 0 Å². The molecule has 1 heterocycles. The van der Waals surface area contributed by atoms with Crippen LogP contribution in [0.4, 0.5) is 18.9 Å². The molecule has 0 saturated heterocycles. The molecule has 0 saturated carbocycles. The van der Waals surface area contributed by atoms with Crippen LogP contribution in [0.1, 0.15) is 0 Å². The van der Waals surface area contributed by atoms with Crippen LogP contribution in [-0.4, -0.2) is 24.1 Å². The van der Waals surface area contributed by atoms with Gasteiger partial charge in [0.05, 0.1) is 0 Å². The Kier molecular flexibility index (Phi) is 3.96. The Bertz CT molecular complexity index is 921. The van der Waals surface area contributed by atoms with E-state index < -0.39 is 12.1 Å². The molecule has 0 atom stereocenters. The van der Waals surface area contributed by atoms with Crippen molar-refractivity contribution in [2.45, 2.75) is 6.18 Å². The van der Waals surface area contributed by atoms with E-state index in [1.165, 1.54) is 18.2 Å². The van der Waals surface area contributed by atoms with Crippen molar-refractivity contribution in [2.24, 2.45) is 0 Å². The molecule has 0 aliphatic carbocycles. The summed E-state index contributed by atoms with van der Waals surface area (Å²) in [6.07, 6.45) is -4.95. The number of aromatic nitrogens is 1. The predicted octanol–water partition coefficient (Wildman–Crippen LogP) is 4.67. The quantitative estimate of drug-likeness (QED) is 0.671. The van der Waals surface area contributed by atoms with Gasteiger partial charge in [0, 0.05) is 23.3 Å². The molecule has 0 unspecified atom stereocenters. The Morgan fingerprint density at radius 1 is 1.21 bits per heavy atom. The first-order valence-electron chi connectivity index (χ1n) is 6.77. The molecule has 0 N–H and O–H groups in total. The van der Waals surface area contributed by atoms with Crippen molar-refractivity contribution in [3.63, 3.8) is 0 Å². The molecule has 0 aliphatic heterocycles. The molecule has 3 rings (SSSR count). The van der Waals surface area contributed by atoms with Crippen molar-refractivity contribution >= 4 is 34.3 Å². The minimum Gasteiger partial charge on any atom is -0.436 e. The van der Waals surface area contributed by atoms with E-state index in [9.17, 15) is 18.0 Å². The summed E-state index contributed by atoms with van der Waals surface area (Å²) in [7, 11) is 1.06. The van der Waals surface area contributed by atoms with Gasteiger partial charge in [0.25, 0.3) is 0 Å². The fourth-order valence-electron chi connectivity index (χ4n) is 2.18. The van der Waals surface area contributed by atoms with Crippen LogP contribution < -0.4 is 4.90 Å². The second kappa shape index (κ2) is 5.83. The number of halogens is 4. The monoisotopic (exact) mass is 354 g/mol. The van der Waals surface area contributed by atoms with Gasteiger partial charge < -0.3 is 9.32 Å². The summed E-state index contributed by atoms with van der Waals surface area (Å²) >= 11 is 5.89. The van der Waals surface area contributed by atoms with E-state index in [-0.39, 0.29) is 11.6 Å². The van der Waals surface area contributed by atoms with E-state index in [2.05, 4.69) is 4.98 Å². The summed E-state index contributed by atoms with van der Waals surface area (Å²) in [6.45, 7) is 0. The third-order valence-electron chi connectivity index (χ3n) is 3.38. The molecular weight excluding hydrogens is 345 g/mol. The fraction of sp³-hybridized carbons (Fsp3) is 0.125. The molecule has 0 radical (unpaired) electrons. The highest BCUT2D eigenvalue weighted by Gasteiger charge is 2.41. The Morgan fingerprint density at radius 2 is 1.96 bits per heavy atom. The molecule has 0 spiro atoms. The molecule has 0 fully saturated rings. The summed E-state index contributed by atoms with van der Waals surface area (Å²) < 4.78 is 43.2. The second-order valence-electron chi connectivity index (χ2n) is 5.04. The highest BCUT2D eigenvalue weighted by atomic mass is 35.5. The van der Waals surface area contributed by atoms with Crippen molar-refractivity contribution in [2.75, 3.05) is 11.9 Å². The van der Waals surface area contributed by atoms with E-state index in [1.54, 1.807) is 24.3 Å². The zero-order chi connectivity index (χ0) is 17.5. The predicted molar refractivity (Wildman–Crippen MR) is 83.9 cm³/mol. The van der Waals surface area contributed by atoms with Crippen LogP contribution in [0.15, 0.2) is 46.9 Å². The summed E-state index contributed by atoms with van der Waals surface area (Å²) in [5.74, 6) is -1.73. The van der Waals surface area contributed by atoms with Crippen LogP contribution in [0, 0.1) is 0 Å². The summed E-state index contributed by atoms with van der Waals surface area (Å²) in [6, 6.07) is 10.9. The van der Waals surface area contributed by atoms with Crippen molar-refractivity contribution in [3.8, 4) is 11.5 Å². The van der Waals surface area contributed by atoms with Crippen LogP contribution in [0.3, 0.4) is 0 Å². The van der Waals surface area contributed by atoms with Crippen LogP contribution in [0.2, 0.25) is 5.02 Å². The van der Waals surface area contributed by atoms with Gasteiger partial charge in [-0.1, -0.05) is 17.7 Å². The number of alkyl halides is 3. The number of anilines is 1. The van der Waals surface area contributed by atoms with Gasteiger partial charge in [-0.15, -0.1) is 0 Å². The third-order valence-corrected chi connectivity index (χ3v) is 3.61. The fourth-order valence-corrected chi connectivity index (χ4v) is 2.35. The lowest BCUT2D eigenvalue weighted by Crippen LogP contribution is -2.38. The van der Waals surface area contributed by atoms with E-state index in [0.717, 1.165) is 7.05 Å². The van der Waals surface area contributed by atoms with Gasteiger partial charge in [-0.05, 0) is 36.4 Å². The van der Waals surface area contributed by atoms with Crippen LogP contribution in [0.25, 0.3) is 22.6 Å². The lowest BCUT2D eigenvalue weighted by molar-refractivity contribution is -0.170. The summed E-state index contributed by atoms with van der Waals surface area (Å²) in [5, 5.41) is 0.492. The number of carbonyl (C=O) groups excluding carboxylic acids is 1. The van der Waals surface area contributed by atoms with E-state index in [0.29, 0.717) is 26.6 Å². The molecule has 1 amide bonds. The van der Waals surface area contributed by atoms with Crippen molar-refractivity contribution in [3.05, 3.63) is 47.5 Å². The average molecular weight is 355 g/mol. The van der Waals surface area contributed by atoms with Gasteiger partial charge >= 0.3 is 12.1 Å². The molecule has 124 valence electrons. The van der Waals surface area contributed by atoms with Crippen molar-refractivity contribution < 1.29 is 22.4 Å². The lowest BCUT2D eigenvalue weighted by Gasteiger charge is -2.19. The molecular formula is C16H10ClF3N2O2. The maximum atomic E-state index is 12.6. The molecule has 1 aromatic heterocycles. The summed E-state index contributed by atoms with van der Waals surface area (Å²) in [4.78, 5) is 16.1. The van der Waals surface area contributed by atoms with Gasteiger partial charge in [0.15, 0.2) is 5.58 Å². The molecule has 4 nitrogen and oxygen atoms in total. The minimum atomic E-state index is -4.95. The SMILES string of the molecule is CN(C(=O)C(F)(F)F)c1cccc(-c2nc3cc(Cl)ccc3o2)c1. The molecule has 0 aliphatic rings. The van der Waals surface area contributed by atoms with Gasteiger partial charge in [-0.2, -0.15) is 13.2 Å². The Labute approximate surface area is 139 Å². The molecule has 24 heavy (non-hydrogen) atoms. The number of benzene rings is 2. The number of nitrogens with zero attached hydrogens (tertiary/aromatic N) is 2. The van der Waals surface area contributed by atoms with Crippen molar-refractivity contribution in [1.82, 2.24) is 4.98 Å². The number of fused-ring (bicyclic) bond motifs is 1. The van der Waals surface area contributed by atoms with E-state index >= 15 is 0 Å². The van der Waals surface area contributed by atoms with Gasteiger partial charge in [-0.3, -0.25) is 4.79 Å². The zero-order valence-corrected chi connectivity index (χ0v) is 13.0. The highest BCUT2D eigenvalue weighted by Crippen LogP contribution is 2.29. The smallest absolute Gasteiger partial charge is 0.436 e. The number of oxazole rings is 1. The third kappa shape index (κ3) is 3.07. The zero-order valence-electron chi connectivity index (χ0n) is 12.3. The second-order valence-corrected chi connectivity index (χ2v) is 5.48. The Morgan fingerprint density at radius 3 is 2.67 bits per heavy atom. The number of amides is 1. The maximum Gasteiger partial charge on any atom is 0.471 e. The largest absolute Gasteiger partial charge is 0.471 e. The molecule has 0 bridgehead atoms. The van der Waals surface area contributed by atoms with Gasteiger partial charge in [0.1, 0.15) is 5.52 Å². The first-order valence-corrected chi connectivity index (χ1v) is 7.15. The Hall–Kier alpha value is -2.54. The first-order chi connectivity index (χ1) is 11.3. The van der Waals surface area contributed by atoms with Crippen LogP contribution >= 0.6 is 11.6 Å². The number of carbonyl (C=O) groups is 1. The van der Waals surface area contributed by atoms with E-state index in [4.69, 9.17) is 16.0 Å². The number of rotatable bonds is 2. The highest BCUT2D eigenvalue weighted by molar-refractivity contribution is 6.31. The molecule has 8 heteroatoms. The topological polar surface area (TPSA) is 46.3 Å². The van der Waals surface area contributed by atoms with Crippen LogP contribution in [-0.2, 0) is 4.79 Å². The number of hydrogen-bond acceptors (Lipinski definition) is 3. The number of hydrogen-bond donors (Lipinski definition) is 0. The standard InChI is InChI=1S/C16H10ClF3N2O2/c1-22(15(23)16(18,19)20)11-4-2-3-9(7-11)14-21-12-8-10(17)5-6-13(12)24-14/h2-8H,1H3. The summed E-state index contributed by atoms with van der Waals surface area (Å²) in [5.41, 5.74) is 1.55. The van der Waals surface area contributed by atoms with Gasteiger partial charge in [0.2, 0.25) is 5.89 Å². The normalized spacial score (nSPS) is 11.7. The van der Waals surface area contributed by atoms with Crippen LogP contribution in [0.5, 0.6) is 0 Å². The van der Waals surface area contributed by atoms with Crippen molar-refractivity contribution in [1.29, 1.82) is 0 Å².